The van der Waals surface area contributed by atoms with Crippen molar-refractivity contribution in [3.8, 4) is 5.75 Å². The van der Waals surface area contributed by atoms with E-state index in [1.54, 1.807) is 0 Å². The standard InChI is InChI=1S/C16H14ClF3N2O6S2/c1-15(2,25)14(24)22-13-8(12(21)23)6-11(29-13)30(26,27)10-5-7(17)3-4-9(10)28-16(18,19)20/h3-6,25H,1-2H3,(H2,21,23)(H,22,24). The molecule has 0 aliphatic carbocycles. The largest absolute Gasteiger partial charge is 0.573 e. The number of ether oxygens (including phenoxy) is 1. The van der Waals surface area contributed by atoms with E-state index in [1.807, 2.05) is 0 Å². The summed E-state index contributed by atoms with van der Waals surface area (Å²) in [6.45, 7) is 2.29. The van der Waals surface area contributed by atoms with Crippen LogP contribution in [0.15, 0.2) is 33.4 Å². The molecule has 0 aliphatic heterocycles. The second-order valence-electron chi connectivity index (χ2n) is 6.33. The average molecular weight is 487 g/mol. The number of anilines is 1. The van der Waals surface area contributed by atoms with Crippen LogP contribution in [0, 0.1) is 0 Å². The third-order valence-electron chi connectivity index (χ3n) is 3.44. The molecule has 8 nitrogen and oxygen atoms in total. The van der Waals surface area contributed by atoms with E-state index >= 15 is 0 Å². The molecule has 0 fully saturated rings. The van der Waals surface area contributed by atoms with Gasteiger partial charge in [0.1, 0.15) is 25.5 Å². The molecule has 0 bridgehead atoms. The summed E-state index contributed by atoms with van der Waals surface area (Å²) in [6, 6.07) is 3.26. The van der Waals surface area contributed by atoms with Crippen LogP contribution in [0.4, 0.5) is 18.2 Å². The van der Waals surface area contributed by atoms with Gasteiger partial charge in [-0.2, -0.15) is 0 Å². The Balaban J connectivity index is 2.62. The number of rotatable bonds is 6. The quantitative estimate of drug-likeness (QED) is 0.574. The molecule has 0 atom stereocenters. The Kier molecular flexibility index (Phi) is 6.43. The number of carbonyl (C=O) groups is 2. The summed E-state index contributed by atoms with van der Waals surface area (Å²) in [5, 5.41) is 11.4. The zero-order chi connectivity index (χ0) is 23.1. The first-order chi connectivity index (χ1) is 13.5. The fraction of sp³-hybridized carbons (Fsp3) is 0.250. The van der Waals surface area contributed by atoms with Crippen molar-refractivity contribution in [2.24, 2.45) is 5.73 Å². The highest BCUT2D eigenvalue weighted by Crippen LogP contribution is 2.40. The fourth-order valence-corrected chi connectivity index (χ4v) is 5.17. The van der Waals surface area contributed by atoms with Crippen LogP contribution in [-0.2, 0) is 14.6 Å². The van der Waals surface area contributed by atoms with Crippen LogP contribution in [0.5, 0.6) is 5.75 Å². The number of sulfone groups is 1. The molecule has 0 aliphatic rings. The summed E-state index contributed by atoms with van der Waals surface area (Å²) in [5.74, 6) is -3.13. The van der Waals surface area contributed by atoms with Crippen LogP contribution in [0.25, 0.3) is 0 Å². The van der Waals surface area contributed by atoms with Crippen molar-refractivity contribution in [1.82, 2.24) is 0 Å². The Morgan fingerprint density at radius 2 is 1.83 bits per heavy atom. The molecule has 0 unspecified atom stereocenters. The molecule has 164 valence electrons. The van der Waals surface area contributed by atoms with Gasteiger partial charge in [-0.1, -0.05) is 11.6 Å². The monoisotopic (exact) mass is 486 g/mol. The second kappa shape index (κ2) is 8.06. The van der Waals surface area contributed by atoms with E-state index in [0.717, 1.165) is 38.1 Å². The first kappa shape index (κ1) is 23.9. The highest BCUT2D eigenvalue weighted by Gasteiger charge is 2.36. The smallest absolute Gasteiger partial charge is 0.404 e. The number of hydrogen-bond acceptors (Lipinski definition) is 7. The van der Waals surface area contributed by atoms with Crippen LogP contribution in [0.1, 0.15) is 24.2 Å². The van der Waals surface area contributed by atoms with E-state index in [4.69, 9.17) is 17.3 Å². The van der Waals surface area contributed by atoms with Crippen molar-refractivity contribution in [2.75, 3.05) is 5.32 Å². The van der Waals surface area contributed by atoms with Gasteiger partial charge in [-0.15, -0.1) is 24.5 Å². The molecule has 0 saturated carbocycles. The number of primary amides is 1. The Labute approximate surface area is 177 Å². The summed E-state index contributed by atoms with van der Waals surface area (Å²) in [7, 11) is -4.68. The number of carbonyl (C=O) groups excluding carboxylic acids is 2. The lowest BCUT2D eigenvalue weighted by atomic mass is 10.1. The minimum atomic E-state index is -5.18. The fourth-order valence-electron chi connectivity index (χ4n) is 2.04. The molecule has 1 aromatic carbocycles. The number of alkyl halides is 3. The lowest BCUT2D eigenvalue weighted by Crippen LogP contribution is -2.36. The number of nitrogens with two attached hydrogens (primary N) is 1. The van der Waals surface area contributed by atoms with E-state index in [-0.39, 0.29) is 10.0 Å². The first-order valence-corrected chi connectivity index (χ1v) is 10.5. The number of nitrogens with one attached hydrogen (secondary N) is 1. The Hall–Kier alpha value is -2.35. The Morgan fingerprint density at radius 1 is 1.23 bits per heavy atom. The van der Waals surface area contributed by atoms with E-state index < -0.39 is 54.0 Å². The molecule has 0 spiro atoms. The lowest BCUT2D eigenvalue weighted by molar-refractivity contribution is -0.275. The molecule has 1 heterocycles. The molecule has 2 rings (SSSR count). The predicted molar refractivity (Wildman–Crippen MR) is 101 cm³/mol. The van der Waals surface area contributed by atoms with Gasteiger partial charge in [0.2, 0.25) is 9.84 Å². The van der Waals surface area contributed by atoms with Crippen molar-refractivity contribution >= 4 is 49.6 Å². The van der Waals surface area contributed by atoms with Gasteiger partial charge in [-0.3, -0.25) is 9.59 Å². The van der Waals surface area contributed by atoms with Gasteiger partial charge in [0.05, 0.1) is 5.56 Å². The number of aliphatic hydroxyl groups is 1. The molecule has 2 aromatic rings. The van der Waals surface area contributed by atoms with Crippen LogP contribution in [0.3, 0.4) is 0 Å². The summed E-state index contributed by atoms with van der Waals surface area (Å²) in [5.41, 5.74) is 2.90. The van der Waals surface area contributed by atoms with E-state index in [9.17, 15) is 36.3 Å². The molecule has 2 amide bonds. The highest BCUT2D eigenvalue weighted by atomic mass is 35.5. The Bertz CT molecular complexity index is 1110. The van der Waals surface area contributed by atoms with Crippen molar-refractivity contribution in [3.05, 3.63) is 34.9 Å². The summed E-state index contributed by atoms with van der Waals surface area (Å²) in [6.07, 6.45) is -5.18. The van der Waals surface area contributed by atoms with Crippen molar-refractivity contribution in [1.29, 1.82) is 0 Å². The zero-order valence-corrected chi connectivity index (χ0v) is 17.6. The SMILES string of the molecule is CC(C)(O)C(=O)Nc1sc(S(=O)(=O)c2cc(Cl)ccc2OC(F)(F)F)cc1C(N)=O. The zero-order valence-electron chi connectivity index (χ0n) is 15.2. The molecule has 30 heavy (non-hydrogen) atoms. The minimum Gasteiger partial charge on any atom is -0.404 e. The summed E-state index contributed by atoms with van der Waals surface area (Å²) < 4.78 is 67.0. The van der Waals surface area contributed by atoms with E-state index in [0.29, 0.717) is 11.3 Å². The van der Waals surface area contributed by atoms with Crippen LogP contribution >= 0.6 is 22.9 Å². The molecule has 0 saturated heterocycles. The molecular weight excluding hydrogens is 473 g/mol. The predicted octanol–water partition coefficient (Wildman–Crippen LogP) is 2.94. The van der Waals surface area contributed by atoms with Crippen molar-refractivity contribution in [3.63, 3.8) is 0 Å². The highest BCUT2D eigenvalue weighted by molar-refractivity contribution is 7.93. The van der Waals surface area contributed by atoms with Gasteiger partial charge in [-0.25, -0.2) is 8.42 Å². The normalized spacial score (nSPS) is 12.5. The average Bonchev–Trinajstić information content (AvgIpc) is 2.99. The molecule has 1 aromatic heterocycles. The first-order valence-electron chi connectivity index (χ1n) is 7.80. The van der Waals surface area contributed by atoms with E-state index in [1.165, 1.54) is 0 Å². The minimum absolute atomic E-state index is 0.190. The number of thiophene rings is 1. The number of amides is 2. The third kappa shape index (κ3) is 5.41. The maximum Gasteiger partial charge on any atom is 0.573 e. The number of halogens is 4. The van der Waals surface area contributed by atoms with Crippen LogP contribution in [-0.4, -0.2) is 37.3 Å². The van der Waals surface area contributed by atoms with Gasteiger partial charge in [0.25, 0.3) is 11.8 Å². The molecule has 0 radical (unpaired) electrons. The topological polar surface area (TPSA) is 136 Å². The molecular formula is C16H14ClF3N2O6S2. The van der Waals surface area contributed by atoms with Crippen molar-refractivity contribution in [2.45, 2.75) is 34.9 Å². The lowest BCUT2D eigenvalue weighted by Gasteiger charge is -2.16. The van der Waals surface area contributed by atoms with Crippen molar-refractivity contribution < 1.29 is 41.0 Å². The second-order valence-corrected chi connectivity index (χ2v) is 9.96. The van der Waals surface area contributed by atoms with E-state index in [2.05, 4.69) is 10.1 Å². The molecule has 4 N–H and O–H groups in total. The Morgan fingerprint density at radius 3 is 2.33 bits per heavy atom. The van der Waals surface area contributed by atoms with Gasteiger partial charge in [0, 0.05) is 5.02 Å². The van der Waals surface area contributed by atoms with Gasteiger partial charge in [0.15, 0.2) is 0 Å². The maximum atomic E-state index is 13.0. The summed E-state index contributed by atoms with van der Waals surface area (Å²) in [4.78, 5) is 22.7. The molecule has 14 heteroatoms. The van der Waals surface area contributed by atoms with Gasteiger partial charge < -0.3 is 20.9 Å². The van der Waals surface area contributed by atoms with Gasteiger partial charge in [-0.05, 0) is 38.1 Å². The van der Waals surface area contributed by atoms with Crippen LogP contribution < -0.4 is 15.8 Å². The van der Waals surface area contributed by atoms with Crippen LogP contribution in [0.2, 0.25) is 5.02 Å². The number of benzene rings is 1. The number of hydrogen-bond donors (Lipinski definition) is 3. The maximum absolute atomic E-state index is 13.0. The third-order valence-corrected chi connectivity index (χ3v) is 6.98. The van der Waals surface area contributed by atoms with Gasteiger partial charge >= 0.3 is 6.36 Å². The summed E-state index contributed by atoms with van der Waals surface area (Å²) >= 11 is 6.09.